The number of alkyl halides is 2. The van der Waals surface area contributed by atoms with Gasteiger partial charge in [0.25, 0.3) is 5.92 Å². The highest BCUT2D eigenvalue weighted by atomic mass is 19.3. The molecule has 0 fully saturated rings. The van der Waals surface area contributed by atoms with E-state index >= 15 is 0 Å². The van der Waals surface area contributed by atoms with Crippen LogP contribution in [0.1, 0.15) is 29.8 Å². The standard InChI is InChI=1S/C10H14F2N2/c11-10(12,6-13)9-5-7-3-1-2-4-8(7)14-9/h5,14H,1-4,6,13H2. The van der Waals surface area contributed by atoms with Gasteiger partial charge in [0.15, 0.2) is 0 Å². The summed E-state index contributed by atoms with van der Waals surface area (Å²) in [7, 11) is 0. The Morgan fingerprint density at radius 3 is 2.71 bits per heavy atom. The first-order chi connectivity index (χ1) is 6.63. The lowest BCUT2D eigenvalue weighted by Gasteiger charge is -2.11. The van der Waals surface area contributed by atoms with Crippen molar-refractivity contribution in [1.82, 2.24) is 4.98 Å². The molecule has 0 atom stereocenters. The summed E-state index contributed by atoms with van der Waals surface area (Å²) >= 11 is 0. The van der Waals surface area contributed by atoms with E-state index in [1.54, 1.807) is 6.07 Å². The average Bonchev–Trinajstić information content (AvgIpc) is 2.61. The molecule has 1 heterocycles. The average molecular weight is 200 g/mol. The maximum absolute atomic E-state index is 13.2. The Bertz CT molecular complexity index is 307. The first-order valence-corrected chi connectivity index (χ1v) is 4.92. The zero-order valence-corrected chi connectivity index (χ0v) is 7.95. The van der Waals surface area contributed by atoms with Gasteiger partial charge in [-0.25, -0.2) is 0 Å². The molecule has 4 heteroatoms. The molecule has 0 radical (unpaired) electrons. The molecule has 1 aromatic heterocycles. The Morgan fingerprint density at radius 2 is 2.07 bits per heavy atom. The molecule has 0 bridgehead atoms. The summed E-state index contributed by atoms with van der Waals surface area (Å²) in [4.78, 5) is 2.79. The first kappa shape index (κ1) is 9.65. The van der Waals surface area contributed by atoms with Gasteiger partial charge in [0.1, 0.15) is 0 Å². The fraction of sp³-hybridized carbons (Fsp3) is 0.600. The van der Waals surface area contributed by atoms with Crippen LogP contribution in [-0.4, -0.2) is 11.5 Å². The number of halogens is 2. The van der Waals surface area contributed by atoms with Gasteiger partial charge in [-0.1, -0.05) is 0 Å². The van der Waals surface area contributed by atoms with Crippen molar-refractivity contribution < 1.29 is 8.78 Å². The second kappa shape index (κ2) is 3.35. The van der Waals surface area contributed by atoms with Gasteiger partial charge in [-0.05, 0) is 37.3 Å². The smallest absolute Gasteiger partial charge is 0.299 e. The van der Waals surface area contributed by atoms with Crippen molar-refractivity contribution in [2.75, 3.05) is 6.54 Å². The van der Waals surface area contributed by atoms with E-state index in [2.05, 4.69) is 4.98 Å². The second-order valence-corrected chi connectivity index (χ2v) is 3.80. The van der Waals surface area contributed by atoms with E-state index in [0.717, 1.165) is 36.9 Å². The van der Waals surface area contributed by atoms with Gasteiger partial charge in [-0.15, -0.1) is 0 Å². The Kier molecular flexibility index (Phi) is 2.31. The zero-order valence-electron chi connectivity index (χ0n) is 7.95. The van der Waals surface area contributed by atoms with Crippen LogP contribution in [0.3, 0.4) is 0 Å². The highest BCUT2D eigenvalue weighted by molar-refractivity contribution is 5.30. The highest BCUT2D eigenvalue weighted by Crippen LogP contribution is 2.30. The lowest BCUT2D eigenvalue weighted by atomic mass is 9.98. The zero-order chi connectivity index (χ0) is 10.2. The maximum atomic E-state index is 13.2. The molecule has 1 aliphatic carbocycles. The normalized spacial score (nSPS) is 16.8. The number of fused-ring (bicyclic) bond motifs is 1. The van der Waals surface area contributed by atoms with Gasteiger partial charge < -0.3 is 10.7 Å². The molecule has 1 aromatic rings. The summed E-state index contributed by atoms with van der Waals surface area (Å²) < 4.78 is 26.4. The van der Waals surface area contributed by atoms with Crippen molar-refractivity contribution in [3.8, 4) is 0 Å². The molecule has 2 rings (SSSR count). The molecule has 0 aromatic carbocycles. The Labute approximate surface area is 81.5 Å². The first-order valence-electron chi connectivity index (χ1n) is 4.92. The van der Waals surface area contributed by atoms with Crippen LogP contribution < -0.4 is 5.73 Å². The van der Waals surface area contributed by atoms with Crippen molar-refractivity contribution in [2.24, 2.45) is 5.73 Å². The summed E-state index contributed by atoms with van der Waals surface area (Å²) in [5, 5.41) is 0. The van der Waals surface area contributed by atoms with Crippen molar-refractivity contribution >= 4 is 0 Å². The molecule has 0 unspecified atom stereocenters. The monoisotopic (exact) mass is 200 g/mol. The third kappa shape index (κ3) is 1.54. The van der Waals surface area contributed by atoms with Gasteiger partial charge in [-0.2, -0.15) is 8.78 Å². The van der Waals surface area contributed by atoms with Crippen LogP contribution in [0.25, 0.3) is 0 Å². The molecule has 0 amide bonds. The van der Waals surface area contributed by atoms with Gasteiger partial charge in [0, 0.05) is 5.69 Å². The second-order valence-electron chi connectivity index (χ2n) is 3.80. The molecule has 78 valence electrons. The molecular weight excluding hydrogens is 186 g/mol. The van der Waals surface area contributed by atoms with Crippen LogP contribution >= 0.6 is 0 Å². The van der Waals surface area contributed by atoms with E-state index in [1.165, 1.54) is 0 Å². The van der Waals surface area contributed by atoms with Crippen LogP contribution in [0.5, 0.6) is 0 Å². The van der Waals surface area contributed by atoms with Crippen LogP contribution in [0, 0.1) is 0 Å². The number of aromatic amines is 1. The Hall–Kier alpha value is -0.900. The maximum Gasteiger partial charge on any atom is 0.299 e. The number of H-pyrrole nitrogens is 1. The van der Waals surface area contributed by atoms with Crippen LogP contribution in [0.2, 0.25) is 0 Å². The predicted octanol–water partition coefficient (Wildman–Crippen LogP) is 1.94. The molecule has 1 aliphatic rings. The van der Waals surface area contributed by atoms with Gasteiger partial charge in [0.05, 0.1) is 12.2 Å². The topological polar surface area (TPSA) is 41.8 Å². The summed E-state index contributed by atoms with van der Waals surface area (Å²) in [6.45, 7) is -0.633. The van der Waals surface area contributed by atoms with Gasteiger partial charge >= 0.3 is 0 Å². The molecule has 14 heavy (non-hydrogen) atoms. The van der Waals surface area contributed by atoms with Crippen molar-refractivity contribution in [1.29, 1.82) is 0 Å². The fourth-order valence-electron chi connectivity index (χ4n) is 1.91. The van der Waals surface area contributed by atoms with Crippen LogP contribution in [0.4, 0.5) is 8.78 Å². The number of hydrogen-bond acceptors (Lipinski definition) is 1. The Morgan fingerprint density at radius 1 is 1.36 bits per heavy atom. The molecule has 3 N–H and O–H groups in total. The van der Waals surface area contributed by atoms with E-state index in [-0.39, 0.29) is 5.69 Å². The van der Waals surface area contributed by atoms with Gasteiger partial charge in [-0.3, -0.25) is 0 Å². The number of nitrogens with one attached hydrogen (secondary N) is 1. The van der Waals surface area contributed by atoms with E-state index < -0.39 is 12.5 Å². The predicted molar refractivity (Wildman–Crippen MR) is 50.4 cm³/mol. The molecule has 0 saturated heterocycles. The Balaban J connectivity index is 2.32. The van der Waals surface area contributed by atoms with Gasteiger partial charge in [0.2, 0.25) is 0 Å². The minimum Gasteiger partial charge on any atom is -0.357 e. The summed E-state index contributed by atoms with van der Waals surface area (Å²) in [6.07, 6.45) is 3.97. The number of nitrogens with two attached hydrogens (primary N) is 1. The lowest BCUT2D eigenvalue weighted by Crippen LogP contribution is -2.25. The molecule has 0 saturated carbocycles. The number of aryl methyl sites for hydroxylation is 2. The summed E-state index contributed by atoms with van der Waals surface area (Å²) in [5.74, 6) is -2.91. The molecular formula is C10H14F2N2. The van der Waals surface area contributed by atoms with Crippen LogP contribution in [-0.2, 0) is 18.8 Å². The quantitative estimate of drug-likeness (QED) is 0.752. The van der Waals surface area contributed by atoms with Crippen molar-refractivity contribution in [3.05, 3.63) is 23.0 Å². The number of hydrogen-bond donors (Lipinski definition) is 2. The van der Waals surface area contributed by atoms with Crippen LogP contribution in [0.15, 0.2) is 6.07 Å². The van der Waals surface area contributed by atoms with Crippen molar-refractivity contribution in [2.45, 2.75) is 31.6 Å². The fourth-order valence-corrected chi connectivity index (χ4v) is 1.91. The van der Waals surface area contributed by atoms with E-state index in [0.29, 0.717) is 0 Å². The SMILES string of the molecule is NCC(F)(F)c1cc2c([nH]1)CCCC2. The minimum absolute atomic E-state index is 0.0214. The third-order valence-corrected chi connectivity index (χ3v) is 2.77. The number of aromatic nitrogens is 1. The molecule has 0 aliphatic heterocycles. The van der Waals surface area contributed by atoms with E-state index in [4.69, 9.17) is 5.73 Å². The third-order valence-electron chi connectivity index (χ3n) is 2.77. The summed E-state index contributed by atoms with van der Waals surface area (Å²) in [6, 6.07) is 1.57. The van der Waals surface area contributed by atoms with Crippen molar-refractivity contribution in [3.63, 3.8) is 0 Å². The largest absolute Gasteiger partial charge is 0.357 e. The molecule has 0 spiro atoms. The lowest BCUT2D eigenvalue weighted by molar-refractivity contribution is 0.00178. The minimum atomic E-state index is -2.91. The highest BCUT2D eigenvalue weighted by Gasteiger charge is 2.32. The number of rotatable bonds is 2. The molecule has 2 nitrogen and oxygen atoms in total. The van der Waals surface area contributed by atoms with E-state index in [9.17, 15) is 8.78 Å². The summed E-state index contributed by atoms with van der Waals surface area (Å²) in [5.41, 5.74) is 7.02. The van der Waals surface area contributed by atoms with E-state index in [1.807, 2.05) is 0 Å².